The van der Waals surface area contributed by atoms with E-state index in [0.717, 1.165) is 24.8 Å². The topological polar surface area (TPSA) is 113 Å². The Bertz CT molecular complexity index is 1210. The number of cyclic esters (lactones) is 1. The molecule has 4 aliphatic rings. The van der Waals surface area contributed by atoms with Gasteiger partial charge in [0.1, 0.15) is 5.60 Å². The Balaban J connectivity index is 1.63. The van der Waals surface area contributed by atoms with Crippen LogP contribution >= 0.6 is 0 Å². The lowest BCUT2D eigenvalue weighted by Gasteiger charge is -2.54. The molecule has 2 heterocycles. The Morgan fingerprint density at radius 3 is 2.14 bits per heavy atom. The van der Waals surface area contributed by atoms with Crippen LogP contribution in [0.5, 0.6) is 28.7 Å². The van der Waals surface area contributed by atoms with Crippen molar-refractivity contribution in [2.24, 2.45) is 11.8 Å². The molecule has 0 spiro atoms. The van der Waals surface area contributed by atoms with Crippen molar-refractivity contribution >= 4 is 5.97 Å². The summed E-state index contributed by atoms with van der Waals surface area (Å²) in [6.07, 6.45) is 3.44. The van der Waals surface area contributed by atoms with E-state index in [1.807, 2.05) is 18.2 Å². The number of benzene rings is 2. The van der Waals surface area contributed by atoms with Crippen LogP contribution < -0.4 is 23.7 Å². The van der Waals surface area contributed by atoms with Gasteiger partial charge in [0.25, 0.3) is 0 Å². The van der Waals surface area contributed by atoms with Gasteiger partial charge >= 0.3 is 5.97 Å². The summed E-state index contributed by atoms with van der Waals surface area (Å²) >= 11 is 0. The van der Waals surface area contributed by atoms with Crippen LogP contribution in [0, 0.1) is 11.8 Å². The number of hydrogen-bond acceptors (Lipinski definition) is 9. The van der Waals surface area contributed by atoms with Crippen molar-refractivity contribution in [2.45, 2.75) is 49.2 Å². The predicted molar refractivity (Wildman–Crippen MR) is 130 cm³/mol. The standard InChI is InChI=1S/C28H32O9/c1-32-21-9-15(10-22(33-2)25(21)34-3)23-16-11-19-20(37-14-36-19)12-17(16)28(31,18-13-35-26(29)24(18)23)27(30)7-5-4-6-8-27/h9-12,18,23-24,30-31H,4-8,13-14H2,1-3H3/t18-,23+,24-,28-/m0/s1. The van der Waals surface area contributed by atoms with Crippen LogP contribution in [0.4, 0.5) is 0 Å². The summed E-state index contributed by atoms with van der Waals surface area (Å²) in [5, 5.41) is 24.7. The van der Waals surface area contributed by atoms with Gasteiger partial charge in [-0.05, 0) is 53.8 Å². The summed E-state index contributed by atoms with van der Waals surface area (Å²) in [6.45, 7) is 0.0712. The van der Waals surface area contributed by atoms with Crippen LogP contribution in [0.1, 0.15) is 54.7 Å². The van der Waals surface area contributed by atoms with Crippen molar-refractivity contribution in [2.75, 3.05) is 34.7 Å². The third-order valence-electron chi connectivity index (χ3n) is 8.73. The Morgan fingerprint density at radius 2 is 1.51 bits per heavy atom. The molecule has 9 nitrogen and oxygen atoms in total. The van der Waals surface area contributed by atoms with Crippen LogP contribution in [0.15, 0.2) is 24.3 Å². The molecule has 1 saturated carbocycles. The van der Waals surface area contributed by atoms with Crippen LogP contribution in [-0.2, 0) is 15.1 Å². The highest BCUT2D eigenvalue weighted by Gasteiger charge is 2.66. The number of carbonyl (C=O) groups excluding carboxylic acids is 1. The average Bonchev–Trinajstić information content (AvgIpc) is 3.54. The van der Waals surface area contributed by atoms with Gasteiger partial charge in [0, 0.05) is 11.8 Å². The molecule has 9 heteroatoms. The number of carbonyl (C=O) groups is 1. The molecule has 2 fully saturated rings. The van der Waals surface area contributed by atoms with Gasteiger partial charge < -0.3 is 38.6 Å². The van der Waals surface area contributed by atoms with Crippen LogP contribution in [-0.4, -0.2) is 56.5 Å². The van der Waals surface area contributed by atoms with Gasteiger partial charge in [0.2, 0.25) is 12.5 Å². The van der Waals surface area contributed by atoms with Gasteiger partial charge in [-0.25, -0.2) is 0 Å². The molecule has 2 aliphatic carbocycles. The minimum atomic E-state index is -1.71. The Hall–Kier alpha value is -3.17. The molecule has 0 bridgehead atoms. The first-order chi connectivity index (χ1) is 17.9. The molecular weight excluding hydrogens is 480 g/mol. The number of hydrogen-bond donors (Lipinski definition) is 2. The van der Waals surface area contributed by atoms with E-state index in [2.05, 4.69) is 0 Å². The summed E-state index contributed by atoms with van der Waals surface area (Å²) in [7, 11) is 4.61. The summed E-state index contributed by atoms with van der Waals surface area (Å²) < 4.78 is 33.7. The molecule has 0 radical (unpaired) electrons. The molecule has 198 valence electrons. The second-order valence-electron chi connectivity index (χ2n) is 10.4. The lowest BCUT2D eigenvalue weighted by molar-refractivity contribution is -0.213. The van der Waals surface area contributed by atoms with Crippen molar-refractivity contribution in [1.82, 2.24) is 0 Å². The van der Waals surface area contributed by atoms with Crippen molar-refractivity contribution in [3.8, 4) is 28.7 Å². The van der Waals surface area contributed by atoms with E-state index in [9.17, 15) is 15.0 Å². The van der Waals surface area contributed by atoms with Gasteiger partial charge in [-0.15, -0.1) is 0 Å². The third kappa shape index (κ3) is 3.33. The highest BCUT2D eigenvalue weighted by atomic mass is 16.7. The molecule has 0 amide bonds. The second-order valence-corrected chi connectivity index (χ2v) is 10.4. The van der Waals surface area contributed by atoms with Gasteiger partial charge in [-0.2, -0.15) is 0 Å². The fourth-order valence-electron chi connectivity index (χ4n) is 7.00. The van der Waals surface area contributed by atoms with E-state index in [-0.39, 0.29) is 13.4 Å². The molecule has 0 unspecified atom stereocenters. The maximum absolute atomic E-state index is 13.4. The van der Waals surface area contributed by atoms with E-state index < -0.39 is 34.9 Å². The fourth-order valence-corrected chi connectivity index (χ4v) is 7.00. The van der Waals surface area contributed by atoms with E-state index >= 15 is 0 Å². The molecule has 6 rings (SSSR count). The van der Waals surface area contributed by atoms with Crippen LogP contribution in [0.2, 0.25) is 0 Å². The molecule has 2 aliphatic heterocycles. The first-order valence-electron chi connectivity index (χ1n) is 12.7. The van der Waals surface area contributed by atoms with E-state index in [0.29, 0.717) is 52.7 Å². The summed E-state index contributed by atoms with van der Waals surface area (Å²) in [6, 6.07) is 7.24. The number of ether oxygens (including phenoxy) is 6. The molecule has 1 saturated heterocycles. The summed E-state index contributed by atoms with van der Waals surface area (Å²) in [5.74, 6) is 0.0295. The predicted octanol–water partition coefficient (Wildman–Crippen LogP) is 3.26. The SMILES string of the molecule is COc1cc([C@@H]2c3cc4c(cc3[C@@](O)(C3(O)CCCCC3)[C@H]3COC(=O)[C@H]23)OCO4)cc(OC)c1OC. The maximum Gasteiger partial charge on any atom is 0.310 e. The Labute approximate surface area is 215 Å². The first-order valence-corrected chi connectivity index (χ1v) is 12.7. The van der Waals surface area contributed by atoms with Crippen molar-refractivity contribution in [3.63, 3.8) is 0 Å². The first kappa shape index (κ1) is 24.2. The smallest absolute Gasteiger partial charge is 0.310 e. The number of esters is 1. The van der Waals surface area contributed by atoms with E-state index in [4.69, 9.17) is 28.4 Å². The molecule has 2 aromatic rings. The normalized spacial score (nSPS) is 29.2. The quantitative estimate of drug-likeness (QED) is 0.583. The van der Waals surface area contributed by atoms with Gasteiger partial charge in [-0.3, -0.25) is 4.79 Å². The number of aliphatic hydroxyl groups is 2. The monoisotopic (exact) mass is 512 g/mol. The van der Waals surface area contributed by atoms with Crippen molar-refractivity contribution in [1.29, 1.82) is 0 Å². The zero-order chi connectivity index (χ0) is 25.9. The highest BCUT2D eigenvalue weighted by Crippen LogP contribution is 2.62. The zero-order valence-electron chi connectivity index (χ0n) is 21.2. The van der Waals surface area contributed by atoms with Crippen LogP contribution in [0.25, 0.3) is 0 Å². The van der Waals surface area contributed by atoms with Gasteiger partial charge in [-0.1, -0.05) is 19.3 Å². The number of fused-ring (bicyclic) bond motifs is 3. The minimum Gasteiger partial charge on any atom is -0.493 e. The lowest BCUT2D eigenvalue weighted by Crippen LogP contribution is -2.61. The van der Waals surface area contributed by atoms with Crippen LogP contribution in [0.3, 0.4) is 0 Å². The van der Waals surface area contributed by atoms with Gasteiger partial charge in [0.15, 0.2) is 23.0 Å². The molecule has 2 aromatic carbocycles. The third-order valence-corrected chi connectivity index (χ3v) is 8.73. The van der Waals surface area contributed by atoms with E-state index in [1.54, 1.807) is 6.07 Å². The second kappa shape index (κ2) is 8.70. The number of rotatable bonds is 5. The molecule has 37 heavy (non-hydrogen) atoms. The maximum atomic E-state index is 13.4. The molecule has 4 atom stereocenters. The van der Waals surface area contributed by atoms with Gasteiger partial charge in [0.05, 0.1) is 39.5 Å². The Morgan fingerprint density at radius 1 is 0.865 bits per heavy atom. The molecular formula is C28H32O9. The van der Waals surface area contributed by atoms with Crippen molar-refractivity contribution < 1.29 is 43.4 Å². The molecule has 0 aromatic heterocycles. The Kier molecular flexibility index (Phi) is 5.69. The summed E-state index contributed by atoms with van der Waals surface area (Å²) in [4.78, 5) is 13.4. The largest absolute Gasteiger partial charge is 0.493 e. The van der Waals surface area contributed by atoms with Crippen molar-refractivity contribution in [3.05, 3.63) is 41.0 Å². The highest BCUT2D eigenvalue weighted by molar-refractivity contribution is 5.79. The van der Waals surface area contributed by atoms with E-state index in [1.165, 1.54) is 21.3 Å². The summed E-state index contributed by atoms with van der Waals surface area (Å²) in [5.41, 5.74) is -1.16. The molecule has 2 N–H and O–H groups in total. The fraction of sp³-hybridized carbons (Fsp3) is 0.536. The lowest BCUT2D eigenvalue weighted by atomic mass is 9.54. The zero-order valence-corrected chi connectivity index (χ0v) is 21.2. The minimum absolute atomic E-state index is 0.0110. The number of methoxy groups -OCH3 is 3. The average molecular weight is 513 g/mol.